The van der Waals surface area contributed by atoms with E-state index < -0.39 is 5.82 Å². The highest BCUT2D eigenvalue weighted by molar-refractivity contribution is 9.10. The highest BCUT2D eigenvalue weighted by Crippen LogP contribution is 2.30. The Morgan fingerprint density at radius 2 is 2.20 bits per heavy atom. The lowest BCUT2D eigenvalue weighted by molar-refractivity contribution is 0.103. The number of ketones is 1. The maximum atomic E-state index is 13.3. The van der Waals surface area contributed by atoms with E-state index in [2.05, 4.69) is 15.9 Å². The molecule has 0 fully saturated rings. The number of ether oxygens (including phenoxy) is 1. The summed E-state index contributed by atoms with van der Waals surface area (Å²) in [6, 6.07) is 5.99. The van der Waals surface area contributed by atoms with Crippen LogP contribution >= 0.6 is 27.3 Å². The number of Topliss-reactive ketones (excluding diaryl/α,β-unsaturated/α-hetero) is 1. The zero-order chi connectivity index (χ0) is 14.1. The number of carbonyl (C=O) groups excluding carboxylic acids is 1. The molecular formula is C15H10BrFO2S. The summed E-state index contributed by atoms with van der Waals surface area (Å²) in [6.45, 7) is 0.419. The molecule has 0 amide bonds. The number of rotatable bonds is 1. The molecule has 0 radical (unpaired) electrons. The maximum Gasteiger partial charge on any atom is 0.193 e. The third-order valence-electron chi connectivity index (χ3n) is 3.01. The molecule has 3 rings (SSSR count). The van der Waals surface area contributed by atoms with Gasteiger partial charge in [0.15, 0.2) is 5.78 Å². The lowest BCUT2D eigenvalue weighted by Gasteiger charge is -2.04. The standard InChI is InChI=1S/C15H10BrFO2S/c16-10-6-12(20-8-10)5-9-3-4-19-14-2-1-11(17)7-13(14)15(9)18/h1-2,5-8H,3-4H2/b9-5+. The summed E-state index contributed by atoms with van der Waals surface area (Å²) in [4.78, 5) is 13.5. The van der Waals surface area contributed by atoms with Crippen LogP contribution in [0.2, 0.25) is 0 Å². The fourth-order valence-electron chi connectivity index (χ4n) is 2.08. The minimum atomic E-state index is -0.430. The van der Waals surface area contributed by atoms with Crippen LogP contribution in [0, 0.1) is 5.82 Å². The lowest BCUT2D eigenvalue weighted by atomic mass is 10.0. The minimum absolute atomic E-state index is 0.165. The van der Waals surface area contributed by atoms with Gasteiger partial charge in [-0.15, -0.1) is 11.3 Å². The quantitative estimate of drug-likeness (QED) is 0.695. The molecule has 0 saturated carbocycles. The van der Waals surface area contributed by atoms with E-state index in [0.29, 0.717) is 29.9 Å². The summed E-state index contributed by atoms with van der Waals surface area (Å²) < 4.78 is 19.8. The largest absolute Gasteiger partial charge is 0.492 e. The summed E-state index contributed by atoms with van der Waals surface area (Å²) >= 11 is 4.93. The van der Waals surface area contributed by atoms with Crippen LogP contribution in [0.1, 0.15) is 21.7 Å². The fourth-order valence-corrected chi connectivity index (χ4v) is 3.48. The van der Waals surface area contributed by atoms with E-state index in [1.54, 1.807) is 11.3 Å². The first-order valence-electron chi connectivity index (χ1n) is 6.05. The second kappa shape index (κ2) is 5.50. The van der Waals surface area contributed by atoms with Crippen LogP contribution in [-0.2, 0) is 0 Å². The normalized spacial score (nSPS) is 16.7. The molecule has 0 atom stereocenters. The van der Waals surface area contributed by atoms with Gasteiger partial charge in [-0.05, 0) is 46.3 Å². The van der Waals surface area contributed by atoms with Crippen molar-refractivity contribution in [1.82, 2.24) is 0 Å². The molecule has 0 aliphatic carbocycles. The van der Waals surface area contributed by atoms with Crippen molar-refractivity contribution in [1.29, 1.82) is 0 Å². The van der Waals surface area contributed by atoms with Gasteiger partial charge in [-0.25, -0.2) is 4.39 Å². The Morgan fingerprint density at radius 1 is 1.35 bits per heavy atom. The molecule has 0 spiro atoms. The van der Waals surface area contributed by atoms with E-state index in [1.165, 1.54) is 18.2 Å². The van der Waals surface area contributed by atoms with Gasteiger partial charge in [0.25, 0.3) is 0 Å². The van der Waals surface area contributed by atoms with Crippen LogP contribution in [0.15, 0.2) is 39.7 Å². The molecular weight excluding hydrogens is 343 g/mol. The summed E-state index contributed by atoms with van der Waals surface area (Å²) in [5, 5.41) is 1.96. The molecule has 0 saturated heterocycles. The number of benzene rings is 1. The third kappa shape index (κ3) is 2.69. The molecule has 1 aliphatic rings. The SMILES string of the molecule is O=C1/C(=C/c2cc(Br)cs2)CCOc2ccc(F)cc21. The van der Waals surface area contributed by atoms with E-state index in [0.717, 1.165) is 9.35 Å². The number of fused-ring (bicyclic) bond motifs is 1. The van der Waals surface area contributed by atoms with Crippen LogP contribution in [0.4, 0.5) is 4.39 Å². The van der Waals surface area contributed by atoms with Gasteiger partial charge >= 0.3 is 0 Å². The Bertz CT molecular complexity index is 706. The second-order valence-corrected chi connectivity index (χ2v) is 6.26. The van der Waals surface area contributed by atoms with Crippen molar-refractivity contribution in [2.24, 2.45) is 0 Å². The molecule has 20 heavy (non-hydrogen) atoms. The lowest BCUT2D eigenvalue weighted by Crippen LogP contribution is -2.02. The molecule has 5 heteroatoms. The molecule has 1 aromatic heterocycles. The molecule has 0 N–H and O–H groups in total. The van der Waals surface area contributed by atoms with Gasteiger partial charge in [-0.1, -0.05) is 0 Å². The third-order valence-corrected chi connectivity index (χ3v) is 4.65. The molecule has 0 unspecified atom stereocenters. The Labute approximate surface area is 128 Å². The average molecular weight is 353 g/mol. The Hall–Kier alpha value is -1.46. The fraction of sp³-hybridized carbons (Fsp3) is 0.133. The number of hydrogen-bond donors (Lipinski definition) is 0. The summed E-state index contributed by atoms with van der Waals surface area (Å²) in [6.07, 6.45) is 2.37. The number of halogens is 2. The van der Waals surface area contributed by atoms with Crippen LogP contribution in [0.25, 0.3) is 6.08 Å². The van der Waals surface area contributed by atoms with Crippen LogP contribution in [0.3, 0.4) is 0 Å². The monoisotopic (exact) mass is 352 g/mol. The van der Waals surface area contributed by atoms with E-state index in [9.17, 15) is 9.18 Å². The molecule has 0 bridgehead atoms. The van der Waals surface area contributed by atoms with Crippen molar-refractivity contribution in [2.75, 3.05) is 6.61 Å². The van der Waals surface area contributed by atoms with E-state index >= 15 is 0 Å². The number of carbonyl (C=O) groups is 1. The zero-order valence-electron chi connectivity index (χ0n) is 10.4. The summed E-state index contributed by atoms with van der Waals surface area (Å²) in [7, 11) is 0. The van der Waals surface area contributed by atoms with Gasteiger partial charge in [0.2, 0.25) is 0 Å². The predicted molar refractivity (Wildman–Crippen MR) is 80.8 cm³/mol. The van der Waals surface area contributed by atoms with Gasteiger partial charge in [0, 0.05) is 26.7 Å². The Kier molecular flexibility index (Phi) is 3.72. The smallest absolute Gasteiger partial charge is 0.193 e. The summed E-state index contributed by atoms with van der Waals surface area (Å²) in [5.41, 5.74) is 0.938. The van der Waals surface area contributed by atoms with Crippen molar-refractivity contribution in [2.45, 2.75) is 6.42 Å². The first kappa shape index (κ1) is 13.5. The zero-order valence-corrected chi connectivity index (χ0v) is 12.8. The van der Waals surface area contributed by atoms with Gasteiger partial charge in [0.1, 0.15) is 11.6 Å². The van der Waals surface area contributed by atoms with Crippen LogP contribution in [0.5, 0.6) is 5.75 Å². The van der Waals surface area contributed by atoms with Gasteiger partial charge < -0.3 is 4.74 Å². The molecule has 2 nitrogen and oxygen atoms in total. The van der Waals surface area contributed by atoms with Crippen molar-refractivity contribution < 1.29 is 13.9 Å². The van der Waals surface area contributed by atoms with Crippen LogP contribution in [-0.4, -0.2) is 12.4 Å². The average Bonchev–Trinajstić information content (AvgIpc) is 2.77. The Morgan fingerprint density at radius 3 is 2.95 bits per heavy atom. The van der Waals surface area contributed by atoms with Gasteiger partial charge in [-0.3, -0.25) is 4.79 Å². The van der Waals surface area contributed by atoms with Crippen molar-refractivity contribution in [3.05, 3.63) is 55.9 Å². The highest BCUT2D eigenvalue weighted by Gasteiger charge is 2.21. The van der Waals surface area contributed by atoms with Gasteiger partial charge in [0.05, 0.1) is 12.2 Å². The van der Waals surface area contributed by atoms with E-state index in [4.69, 9.17) is 4.74 Å². The predicted octanol–water partition coefficient (Wildman–Crippen LogP) is 4.70. The first-order chi connectivity index (χ1) is 9.63. The molecule has 1 aromatic carbocycles. The van der Waals surface area contributed by atoms with Gasteiger partial charge in [-0.2, -0.15) is 0 Å². The minimum Gasteiger partial charge on any atom is -0.492 e. The van der Waals surface area contributed by atoms with E-state index in [-0.39, 0.29) is 5.78 Å². The molecule has 2 heterocycles. The maximum absolute atomic E-state index is 13.3. The first-order valence-corrected chi connectivity index (χ1v) is 7.72. The topological polar surface area (TPSA) is 26.3 Å². The van der Waals surface area contributed by atoms with Crippen molar-refractivity contribution in [3.8, 4) is 5.75 Å². The molecule has 102 valence electrons. The number of thiophene rings is 1. The molecule has 2 aromatic rings. The Balaban J connectivity index is 2.02. The summed E-state index contributed by atoms with van der Waals surface area (Å²) in [5.74, 6) is -0.144. The van der Waals surface area contributed by atoms with Crippen LogP contribution < -0.4 is 4.74 Å². The van der Waals surface area contributed by atoms with E-state index in [1.807, 2.05) is 17.5 Å². The highest BCUT2D eigenvalue weighted by atomic mass is 79.9. The van der Waals surface area contributed by atoms with Crippen molar-refractivity contribution in [3.63, 3.8) is 0 Å². The molecule has 1 aliphatic heterocycles. The second-order valence-electron chi connectivity index (χ2n) is 4.40. The number of hydrogen-bond acceptors (Lipinski definition) is 3. The van der Waals surface area contributed by atoms with Crippen molar-refractivity contribution >= 4 is 39.1 Å².